The summed E-state index contributed by atoms with van der Waals surface area (Å²) < 4.78 is 0. The molecule has 2 rings (SSSR count). The molecule has 98 valence electrons. The zero-order chi connectivity index (χ0) is 13.3. The first-order chi connectivity index (χ1) is 8.54. The lowest BCUT2D eigenvalue weighted by molar-refractivity contribution is -0.136. The molecule has 1 N–H and O–H groups in total. The predicted molar refractivity (Wildman–Crippen MR) is 65.4 cm³/mol. The Morgan fingerprint density at radius 1 is 1.39 bits per heavy atom. The van der Waals surface area contributed by atoms with Crippen molar-refractivity contribution < 1.29 is 9.59 Å². The number of carbonyl (C=O) groups is 2. The molecular weight excluding hydrogens is 230 g/mol. The van der Waals surface area contributed by atoms with Crippen molar-refractivity contribution in [3.05, 3.63) is 0 Å². The van der Waals surface area contributed by atoms with Crippen LogP contribution in [0.15, 0.2) is 0 Å². The molecular formula is C13H19N3O2. The highest BCUT2D eigenvalue weighted by atomic mass is 16.2. The maximum atomic E-state index is 12.6. The highest BCUT2D eigenvalue weighted by Crippen LogP contribution is 2.42. The maximum absolute atomic E-state index is 12.6. The summed E-state index contributed by atoms with van der Waals surface area (Å²) in [5.41, 5.74) is -0.731. The molecule has 1 heterocycles. The monoisotopic (exact) mass is 249 g/mol. The molecule has 3 amide bonds. The van der Waals surface area contributed by atoms with Gasteiger partial charge >= 0.3 is 6.03 Å². The van der Waals surface area contributed by atoms with E-state index in [0.29, 0.717) is 0 Å². The minimum absolute atomic E-state index is 0.137. The van der Waals surface area contributed by atoms with Gasteiger partial charge in [-0.05, 0) is 24.7 Å². The molecule has 1 aliphatic carbocycles. The molecule has 5 heteroatoms. The number of urea groups is 1. The van der Waals surface area contributed by atoms with E-state index in [1.165, 1.54) is 4.90 Å². The summed E-state index contributed by atoms with van der Waals surface area (Å²) in [6.07, 6.45) is 3.22. The number of hydrogen-bond donors (Lipinski definition) is 1. The first-order valence-corrected chi connectivity index (χ1v) is 6.55. The number of hydrogen-bond acceptors (Lipinski definition) is 3. The van der Waals surface area contributed by atoms with Crippen LogP contribution in [-0.4, -0.2) is 28.9 Å². The van der Waals surface area contributed by atoms with Gasteiger partial charge < -0.3 is 5.32 Å². The second-order valence-corrected chi connectivity index (χ2v) is 5.40. The summed E-state index contributed by atoms with van der Waals surface area (Å²) in [4.78, 5) is 25.7. The van der Waals surface area contributed by atoms with Gasteiger partial charge in [0.2, 0.25) is 0 Å². The number of rotatable bonds is 2. The summed E-state index contributed by atoms with van der Waals surface area (Å²) in [6, 6.07) is 1.64. The van der Waals surface area contributed by atoms with Crippen molar-refractivity contribution in [1.82, 2.24) is 10.2 Å². The van der Waals surface area contributed by atoms with E-state index in [4.69, 9.17) is 5.26 Å². The first kappa shape index (κ1) is 12.9. The molecule has 1 saturated carbocycles. The van der Waals surface area contributed by atoms with Gasteiger partial charge in [-0.15, -0.1) is 0 Å². The SMILES string of the molecule is CC1CCCC(C)C12NC(=O)N(CCC#N)C2=O. The Hall–Kier alpha value is -1.57. The largest absolute Gasteiger partial charge is 0.325 e. The summed E-state index contributed by atoms with van der Waals surface area (Å²) in [6.45, 7) is 4.26. The van der Waals surface area contributed by atoms with Crippen LogP contribution < -0.4 is 5.32 Å². The number of amides is 3. The van der Waals surface area contributed by atoms with Gasteiger partial charge in [-0.1, -0.05) is 20.3 Å². The molecule has 0 bridgehead atoms. The van der Waals surface area contributed by atoms with Crippen molar-refractivity contribution in [3.8, 4) is 6.07 Å². The number of nitrogens with one attached hydrogen (secondary N) is 1. The average Bonchev–Trinajstić information content (AvgIpc) is 2.58. The number of nitriles is 1. The van der Waals surface area contributed by atoms with Crippen LogP contribution in [0.4, 0.5) is 4.79 Å². The second kappa shape index (κ2) is 4.60. The van der Waals surface area contributed by atoms with Crippen LogP contribution in [0.2, 0.25) is 0 Å². The Kier molecular flexibility index (Phi) is 3.29. The summed E-state index contributed by atoms with van der Waals surface area (Å²) in [5, 5.41) is 11.5. The Morgan fingerprint density at radius 2 is 2.00 bits per heavy atom. The molecule has 0 aromatic heterocycles. The average molecular weight is 249 g/mol. The van der Waals surface area contributed by atoms with Crippen molar-refractivity contribution in [1.29, 1.82) is 5.26 Å². The number of carbonyl (C=O) groups excluding carboxylic acids is 2. The van der Waals surface area contributed by atoms with E-state index in [1.807, 2.05) is 19.9 Å². The van der Waals surface area contributed by atoms with E-state index in [2.05, 4.69) is 5.32 Å². The van der Waals surface area contributed by atoms with Crippen molar-refractivity contribution in [3.63, 3.8) is 0 Å². The van der Waals surface area contributed by atoms with Crippen LogP contribution in [0, 0.1) is 23.2 Å². The molecule has 2 fully saturated rings. The molecule has 18 heavy (non-hydrogen) atoms. The Morgan fingerprint density at radius 3 is 2.56 bits per heavy atom. The van der Waals surface area contributed by atoms with Crippen molar-refractivity contribution in [2.75, 3.05) is 6.54 Å². The fraction of sp³-hybridized carbons (Fsp3) is 0.769. The van der Waals surface area contributed by atoms with Crippen LogP contribution in [0.1, 0.15) is 39.5 Å². The predicted octanol–water partition coefficient (Wildman–Crippen LogP) is 1.65. The van der Waals surface area contributed by atoms with Gasteiger partial charge in [0, 0.05) is 6.54 Å². The van der Waals surface area contributed by atoms with Crippen LogP contribution in [0.3, 0.4) is 0 Å². The Labute approximate surface area is 107 Å². The third kappa shape index (κ3) is 1.67. The molecule has 0 aromatic carbocycles. The fourth-order valence-corrected chi connectivity index (χ4v) is 3.32. The summed E-state index contributed by atoms with van der Waals surface area (Å²) in [7, 11) is 0. The minimum atomic E-state index is -0.731. The van der Waals surface area contributed by atoms with E-state index in [9.17, 15) is 9.59 Å². The molecule has 0 radical (unpaired) electrons. The van der Waals surface area contributed by atoms with Crippen LogP contribution in [0.5, 0.6) is 0 Å². The zero-order valence-electron chi connectivity index (χ0n) is 10.9. The molecule has 1 aliphatic heterocycles. The normalized spacial score (nSPS) is 35.7. The van der Waals surface area contributed by atoms with Gasteiger partial charge in [-0.25, -0.2) is 4.79 Å². The summed E-state index contributed by atoms with van der Waals surface area (Å²) in [5.74, 6) is 0.178. The number of imide groups is 1. The highest BCUT2D eigenvalue weighted by molar-refractivity contribution is 6.07. The van der Waals surface area contributed by atoms with Crippen LogP contribution >= 0.6 is 0 Å². The van der Waals surface area contributed by atoms with Crippen molar-refractivity contribution >= 4 is 11.9 Å². The van der Waals surface area contributed by atoms with Gasteiger partial charge in [0.1, 0.15) is 5.54 Å². The van der Waals surface area contributed by atoms with Crippen molar-refractivity contribution in [2.45, 2.75) is 45.1 Å². The molecule has 2 unspecified atom stereocenters. The molecule has 2 aliphatic rings. The van der Waals surface area contributed by atoms with Gasteiger partial charge in [0.05, 0.1) is 12.5 Å². The lowest BCUT2D eigenvalue weighted by atomic mass is 9.67. The minimum Gasteiger partial charge on any atom is -0.323 e. The second-order valence-electron chi connectivity index (χ2n) is 5.40. The highest BCUT2D eigenvalue weighted by Gasteiger charge is 2.58. The molecule has 1 spiro atoms. The lowest BCUT2D eigenvalue weighted by Gasteiger charge is -2.42. The molecule has 5 nitrogen and oxygen atoms in total. The van der Waals surface area contributed by atoms with E-state index >= 15 is 0 Å². The van der Waals surface area contributed by atoms with Crippen molar-refractivity contribution in [2.24, 2.45) is 11.8 Å². The summed E-state index contributed by atoms with van der Waals surface area (Å²) >= 11 is 0. The number of nitrogens with zero attached hydrogens (tertiary/aromatic N) is 2. The van der Waals surface area contributed by atoms with Gasteiger partial charge in [0.25, 0.3) is 5.91 Å². The zero-order valence-corrected chi connectivity index (χ0v) is 10.9. The first-order valence-electron chi connectivity index (χ1n) is 6.55. The van der Waals surface area contributed by atoms with Crippen LogP contribution in [0.25, 0.3) is 0 Å². The fourth-order valence-electron chi connectivity index (χ4n) is 3.32. The quantitative estimate of drug-likeness (QED) is 0.756. The standard InChI is InChI=1S/C13H19N3O2/c1-9-5-3-6-10(2)13(9)11(17)16(8-4-7-14)12(18)15-13/h9-10H,3-6,8H2,1-2H3,(H,15,18). The molecule has 0 aromatic rings. The topological polar surface area (TPSA) is 73.2 Å². The Balaban J connectivity index is 2.27. The third-order valence-corrected chi connectivity index (χ3v) is 4.43. The van der Waals surface area contributed by atoms with E-state index in [-0.39, 0.29) is 36.7 Å². The third-order valence-electron chi connectivity index (χ3n) is 4.43. The van der Waals surface area contributed by atoms with Gasteiger partial charge in [-0.3, -0.25) is 9.69 Å². The van der Waals surface area contributed by atoms with Gasteiger partial charge in [-0.2, -0.15) is 5.26 Å². The van der Waals surface area contributed by atoms with E-state index in [0.717, 1.165) is 19.3 Å². The smallest absolute Gasteiger partial charge is 0.323 e. The lowest BCUT2D eigenvalue weighted by Crippen LogP contribution is -2.58. The van der Waals surface area contributed by atoms with Gasteiger partial charge in [0.15, 0.2) is 0 Å². The van der Waals surface area contributed by atoms with E-state index < -0.39 is 5.54 Å². The molecule has 2 atom stereocenters. The molecule has 1 saturated heterocycles. The Bertz CT molecular complexity index is 403. The van der Waals surface area contributed by atoms with E-state index in [1.54, 1.807) is 0 Å². The maximum Gasteiger partial charge on any atom is 0.325 e. The van der Waals surface area contributed by atoms with Crippen LogP contribution in [-0.2, 0) is 4.79 Å².